The van der Waals surface area contributed by atoms with E-state index >= 15 is 0 Å². The lowest BCUT2D eigenvalue weighted by Gasteiger charge is -1.90. The fourth-order valence-corrected chi connectivity index (χ4v) is 2.44. The van der Waals surface area contributed by atoms with Gasteiger partial charge in [0.15, 0.2) is 5.95 Å². The van der Waals surface area contributed by atoms with Crippen molar-refractivity contribution in [3.63, 3.8) is 0 Å². The summed E-state index contributed by atoms with van der Waals surface area (Å²) in [5.41, 5.74) is 6.53. The standard InChI is InChI=1S/C10H13N3S/c1-2-3-7-4-5-9(14-7)8-6-12-10(11)13-8/h4-6H,2-3H2,1H3,(H3,11,12,13). The first-order valence-corrected chi connectivity index (χ1v) is 5.51. The van der Waals surface area contributed by atoms with E-state index in [9.17, 15) is 0 Å². The first-order valence-electron chi connectivity index (χ1n) is 4.69. The van der Waals surface area contributed by atoms with Gasteiger partial charge in [0.25, 0.3) is 0 Å². The molecule has 0 saturated carbocycles. The van der Waals surface area contributed by atoms with Gasteiger partial charge in [-0.3, -0.25) is 0 Å². The van der Waals surface area contributed by atoms with Gasteiger partial charge in [-0.2, -0.15) is 0 Å². The molecule has 2 aromatic heterocycles. The molecule has 2 rings (SSSR count). The first-order chi connectivity index (χ1) is 6.79. The van der Waals surface area contributed by atoms with Crippen LogP contribution >= 0.6 is 11.3 Å². The topological polar surface area (TPSA) is 54.7 Å². The summed E-state index contributed by atoms with van der Waals surface area (Å²) in [5, 5.41) is 0. The van der Waals surface area contributed by atoms with E-state index in [1.54, 1.807) is 17.5 Å². The minimum atomic E-state index is 0.477. The van der Waals surface area contributed by atoms with Gasteiger partial charge in [-0.1, -0.05) is 13.3 Å². The molecule has 0 bridgehead atoms. The molecule has 0 saturated heterocycles. The molecule has 0 radical (unpaired) electrons. The van der Waals surface area contributed by atoms with Gasteiger partial charge in [-0.15, -0.1) is 11.3 Å². The predicted molar refractivity (Wildman–Crippen MR) is 60.3 cm³/mol. The third-order valence-corrected chi connectivity index (χ3v) is 3.20. The maximum absolute atomic E-state index is 5.52. The Labute approximate surface area is 87.0 Å². The molecule has 3 N–H and O–H groups in total. The maximum Gasteiger partial charge on any atom is 0.197 e. The number of hydrogen-bond acceptors (Lipinski definition) is 3. The van der Waals surface area contributed by atoms with E-state index in [1.165, 1.54) is 16.2 Å². The van der Waals surface area contributed by atoms with Crippen LogP contribution in [-0.4, -0.2) is 9.97 Å². The summed E-state index contributed by atoms with van der Waals surface area (Å²) in [6, 6.07) is 4.28. The van der Waals surface area contributed by atoms with E-state index < -0.39 is 0 Å². The molecule has 74 valence electrons. The van der Waals surface area contributed by atoms with Crippen LogP contribution in [0.3, 0.4) is 0 Å². The molecule has 14 heavy (non-hydrogen) atoms. The summed E-state index contributed by atoms with van der Waals surface area (Å²) in [4.78, 5) is 9.62. The largest absolute Gasteiger partial charge is 0.369 e. The Morgan fingerprint density at radius 2 is 2.36 bits per heavy atom. The van der Waals surface area contributed by atoms with Gasteiger partial charge in [-0.05, 0) is 18.6 Å². The molecule has 0 atom stereocenters. The minimum absolute atomic E-state index is 0.477. The number of aryl methyl sites for hydroxylation is 1. The number of nitrogens with one attached hydrogen (secondary N) is 1. The second-order valence-corrected chi connectivity index (χ2v) is 4.37. The van der Waals surface area contributed by atoms with Crippen molar-refractivity contribution >= 4 is 17.3 Å². The number of imidazole rings is 1. The lowest BCUT2D eigenvalue weighted by Crippen LogP contribution is -1.84. The van der Waals surface area contributed by atoms with Crippen molar-refractivity contribution < 1.29 is 0 Å². The molecule has 3 nitrogen and oxygen atoms in total. The fourth-order valence-electron chi connectivity index (χ4n) is 1.37. The van der Waals surface area contributed by atoms with Crippen LogP contribution < -0.4 is 5.73 Å². The highest BCUT2D eigenvalue weighted by molar-refractivity contribution is 7.15. The van der Waals surface area contributed by atoms with E-state index in [0.29, 0.717) is 5.95 Å². The molecule has 0 fully saturated rings. The van der Waals surface area contributed by atoms with Gasteiger partial charge in [0.2, 0.25) is 0 Å². The quantitative estimate of drug-likeness (QED) is 0.813. The number of rotatable bonds is 3. The number of aromatic amines is 1. The number of hydrogen-bond donors (Lipinski definition) is 2. The van der Waals surface area contributed by atoms with E-state index in [4.69, 9.17) is 5.73 Å². The highest BCUT2D eigenvalue weighted by Gasteiger charge is 2.04. The number of H-pyrrole nitrogens is 1. The van der Waals surface area contributed by atoms with Crippen LogP contribution in [0.15, 0.2) is 18.3 Å². The Bertz CT molecular complexity index is 416. The molecule has 0 aliphatic carbocycles. The highest BCUT2D eigenvalue weighted by atomic mass is 32.1. The number of aromatic nitrogens is 2. The minimum Gasteiger partial charge on any atom is -0.369 e. The maximum atomic E-state index is 5.52. The van der Waals surface area contributed by atoms with Crippen LogP contribution in [0.2, 0.25) is 0 Å². The zero-order valence-corrected chi connectivity index (χ0v) is 8.90. The van der Waals surface area contributed by atoms with Gasteiger partial charge in [0.1, 0.15) is 0 Å². The van der Waals surface area contributed by atoms with Crippen LogP contribution in [-0.2, 0) is 6.42 Å². The van der Waals surface area contributed by atoms with E-state index in [0.717, 1.165) is 12.1 Å². The summed E-state index contributed by atoms with van der Waals surface area (Å²) < 4.78 is 0. The van der Waals surface area contributed by atoms with Crippen molar-refractivity contribution in [2.24, 2.45) is 0 Å². The summed E-state index contributed by atoms with van der Waals surface area (Å²) in [6.45, 7) is 2.19. The van der Waals surface area contributed by atoms with Crippen LogP contribution in [0.4, 0.5) is 5.95 Å². The Kier molecular flexibility index (Phi) is 2.54. The van der Waals surface area contributed by atoms with Crippen molar-refractivity contribution in [2.75, 3.05) is 5.73 Å². The van der Waals surface area contributed by atoms with Crippen molar-refractivity contribution in [3.05, 3.63) is 23.2 Å². The number of thiophene rings is 1. The van der Waals surface area contributed by atoms with Crippen molar-refractivity contribution in [1.82, 2.24) is 9.97 Å². The summed E-state index contributed by atoms with van der Waals surface area (Å²) in [7, 11) is 0. The van der Waals surface area contributed by atoms with Gasteiger partial charge in [-0.25, -0.2) is 4.98 Å². The Hall–Kier alpha value is -1.29. The van der Waals surface area contributed by atoms with Crippen LogP contribution in [0.1, 0.15) is 18.2 Å². The highest BCUT2D eigenvalue weighted by Crippen LogP contribution is 2.27. The monoisotopic (exact) mass is 207 g/mol. The molecular weight excluding hydrogens is 194 g/mol. The lowest BCUT2D eigenvalue weighted by molar-refractivity contribution is 0.940. The third-order valence-electron chi connectivity index (χ3n) is 2.02. The van der Waals surface area contributed by atoms with E-state index in [-0.39, 0.29) is 0 Å². The zero-order valence-electron chi connectivity index (χ0n) is 8.08. The molecule has 2 aromatic rings. The number of anilines is 1. The van der Waals surface area contributed by atoms with Gasteiger partial charge >= 0.3 is 0 Å². The number of nitrogens with zero attached hydrogens (tertiary/aromatic N) is 1. The SMILES string of the molecule is CCCc1ccc(-c2cnc(N)[nH]2)s1. The van der Waals surface area contributed by atoms with E-state index in [1.807, 2.05) is 0 Å². The Morgan fingerprint density at radius 3 is 3.00 bits per heavy atom. The zero-order chi connectivity index (χ0) is 9.97. The number of nitrogen functional groups attached to an aromatic ring is 1. The van der Waals surface area contributed by atoms with Crippen molar-refractivity contribution in [2.45, 2.75) is 19.8 Å². The van der Waals surface area contributed by atoms with Crippen LogP contribution in [0.25, 0.3) is 10.6 Å². The average Bonchev–Trinajstić information content (AvgIpc) is 2.74. The van der Waals surface area contributed by atoms with E-state index in [2.05, 4.69) is 29.0 Å². The average molecular weight is 207 g/mol. The van der Waals surface area contributed by atoms with Crippen molar-refractivity contribution in [1.29, 1.82) is 0 Å². The molecule has 0 unspecified atom stereocenters. The smallest absolute Gasteiger partial charge is 0.197 e. The first kappa shape index (κ1) is 9.27. The summed E-state index contributed by atoms with van der Waals surface area (Å²) in [6.07, 6.45) is 4.11. The van der Waals surface area contributed by atoms with Crippen LogP contribution in [0, 0.1) is 0 Å². The van der Waals surface area contributed by atoms with Gasteiger partial charge in [0, 0.05) is 4.88 Å². The Morgan fingerprint density at radius 1 is 1.50 bits per heavy atom. The second kappa shape index (κ2) is 3.84. The molecule has 4 heteroatoms. The Balaban J connectivity index is 2.24. The molecule has 0 amide bonds. The van der Waals surface area contributed by atoms with Gasteiger partial charge < -0.3 is 10.7 Å². The predicted octanol–water partition coefficient (Wildman–Crippen LogP) is 2.67. The second-order valence-electron chi connectivity index (χ2n) is 3.20. The van der Waals surface area contributed by atoms with Crippen LogP contribution in [0.5, 0.6) is 0 Å². The fraction of sp³-hybridized carbons (Fsp3) is 0.300. The molecule has 0 aliphatic rings. The normalized spacial score (nSPS) is 10.6. The molecule has 0 spiro atoms. The van der Waals surface area contributed by atoms with Crippen molar-refractivity contribution in [3.8, 4) is 10.6 Å². The molecule has 0 aliphatic heterocycles. The summed E-state index contributed by atoms with van der Waals surface area (Å²) in [5.74, 6) is 0.477. The van der Waals surface area contributed by atoms with Gasteiger partial charge in [0.05, 0.1) is 16.8 Å². The molecule has 0 aromatic carbocycles. The lowest BCUT2D eigenvalue weighted by atomic mass is 10.3. The third kappa shape index (κ3) is 1.80. The summed E-state index contributed by atoms with van der Waals surface area (Å²) >= 11 is 1.80. The molecule has 2 heterocycles. The molecular formula is C10H13N3S. The number of nitrogens with two attached hydrogens (primary N) is 1.